The third kappa shape index (κ3) is 4.41. The third-order valence-corrected chi connectivity index (χ3v) is 4.82. The highest BCUT2D eigenvalue weighted by atomic mass is 79.9. The first-order valence-electron chi connectivity index (χ1n) is 4.99. The maximum absolute atomic E-state index is 10.5. The highest BCUT2D eigenvalue weighted by molar-refractivity contribution is 9.11. The number of hydrogen-bond acceptors (Lipinski definition) is 3. The molecular weight excluding hydrogens is 312 g/mol. The van der Waals surface area contributed by atoms with Crippen molar-refractivity contribution in [2.24, 2.45) is 11.5 Å². The zero-order valence-electron chi connectivity index (χ0n) is 8.71. The second-order valence-electron chi connectivity index (χ2n) is 3.59. The van der Waals surface area contributed by atoms with E-state index >= 15 is 0 Å². The second kappa shape index (κ2) is 6.59. The number of carbonyl (C=O) groups excluding carboxylic acids is 1. The van der Waals surface area contributed by atoms with Crippen molar-refractivity contribution < 1.29 is 4.79 Å². The lowest BCUT2D eigenvalue weighted by Gasteiger charge is -2.08. The Labute approximate surface area is 112 Å². The fraction of sp³-hybridized carbons (Fsp3) is 0.500. The van der Waals surface area contributed by atoms with Crippen LogP contribution in [0.4, 0.5) is 0 Å². The zero-order valence-corrected chi connectivity index (χ0v) is 11.9. The Hall–Kier alpha value is -0.100. The summed E-state index contributed by atoms with van der Waals surface area (Å²) >= 11 is 10.8. The molecule has 1 rings (SSSR count). The van der Waals surface area contributed by atoms with Gasteiger partial charge in [-0.05, 0) is 34.8 Å². The molecule has 1 heterocycles. The van der Waals surface area contributed by atoms with Crippen LogP contribution in [0.15, 0.2) is 9.85 Å². The summed E-state index contributed by atoms with van der Waals surface area (Å²) < 4.78 is 0.914. The molecule has 0 radical (unpaired) electrons. The normalized spacial score (nSPS) is 12.7. The summed E-state index contributed by atoms with van der Waals surface area (Å²) in [6, 6.07) is 1.87. The molecule has 6 heteroatoms. The van der Waals surface area contributed by atoms with Crippen molar-refractivity contribution in [2.75, 3.05) is 0 Å². The van der Waals surface area contributed by atoms with Crippen LogP contribution in [0.5, 0.6) is 0 Å². The summed E-state index contributed by atoms with van der Waals surface area (Å²) in [5.41, 5.74) is 11.1. The number of hydrogen-bond donors (Lipinski definition) is 2. The Balaban J connectivity index is 2.35. The van der Waals surface area contributed by atoms with Crippen molar-refractivity contribution in [3.8, 4) is 0 Å². The van der Waals surface area contributed by atoms with Gasteiger partial charge >= 0.3 is 0 Å². The number of unbranched alkanes of at least 4 members (excludes halogenated alkanes) is 1. The number of amides is 1. The van der Waals surface area contributed by atoms with Gasteiger partial charge in [-0.2, -0.15) is 0 Å². The number of halogens is 2. The molecule has 0 aromatic carbocycles. The molecule has 1 aromatic heterocycles. The average molecular weight is 326 g/mol. The van der Waals surface area contributed by atoms with E-state index in [1.807, 2.05) is 6.07 Å². The monoisotopic (exact) mass is 324 g/mol. The average Bonchev–Trinajstić information content (AvgIpc) is 2.54. The molecule has 1 unspecified atom stereocenters. The topological polar surface area (TPSA) is 69.1 Å². The van der Waals surface area contributed by atoms with E-state index in [9.17, 15) is 4.79 Å². The minimum Gasteiger partial charge on any atom is -0.370 e. The number of rotatable bonds is 6. The Morgan fingerprint density at radius 2 is 2.25 bits per heavy atom. The first-order valence-corrected chi connectivity index (χ1v) is 6.98. The van der Waals surface area contributed by atoms with Crippen molar-refractivity contribution in [3.05, 3.63) is 19.8 Å². The number of thiophene rings is 1. The third-order valence-electron chi connectivity index (χ3n) is 2.22. The van der Waals surface area contributed by atoms with Gasteiger partial charge in [0.05, 0.1) is 8.81 Å². The molecule has 0 saturated heterocycles. The van der Waals surface area contributed by atoms with Gasteiger partial charge in [-0.15, -0.1) is 11.3 Å². The van der Waals surface area contributed by atoms with E-state index in [4.69, 9.17) is 23.1 Å². The highest BCUT2D eigenvalue weighted by Crippen LogP contribution is 2.35. The van der Waals surface area contributed by atoms with Crippen LogP contribution in [-0.2, 0) is 4.79 Å². The molecule has 1 aromatic rings. The summed E-state index contributed by atoms with van der Waals surface area (Å²) in [7, 11) is 0. The predicted octanol–water partition coefficient (Wildman–Crippen LogP) is 3.21. The maximum Gasteiger partial charge on any atom is 0.217 e. The summed E-state index contributed by atoms with van der Waals surface area (Å²) in [6.07, 6.45) is 2.97. The minimum absolute atomic E-state index is 0.0123. The fourth-order valence-corrected chi connectivity index (χ4v) is 3.13. The Kier molecular flexibility index (Phi) is 5.75. The van der Waals surface area contributed by atoms with Gasteiger partial charge in [-0.1, -0.05) is 18.0 Å². The number of primary amides is 1. The molecule has 0 aliphatic rings. The lowest BCUT2D eigenvalue weighted by Crippen LogP contribution is -2.11. The van der Waals surface area contributed by atoms with Gasteiger partial charge in [0, 0.05) is 17.3 Å². The van der Waals surface area contributed by atoms with E-state index in [1.165, 1.54) is 0 Å². The van der Waals surface area contributed by atoms with Crippen molar-refractivity contribution in [2.45, 2.75) is 31.7 Å². The molecule has 4 N–H and O–H groups in total. The molecule has 0 fully saturated rings. The molecule has 3 nitrogen and oxygen atoms in total. The van der Waals surface area contributed by atoms with Gasteiger partial charge in [-0.25, -0.2) is 0 Å². The van der Waals surface area contributed by atoms with Crippen molar-refractivity contribution in [1.29, 1.82) is 0 Å². The predicted molar refractivity (Wildman–Crippen MR) is 71.6 cm³/mol. The largest absolute Gasteiger partial charge is 0.370 e. The standard InChI is InChI=1S/C10H14BrClN2OS/c11-10-6(12)5-8(16-10)7(13)3-1-2-4-9(14)15/h5,7H,1-4,13H2,(H2,14,15). The van der Waals surface area contributed by atoms with E-state index in [0.29, 0.717) is 11.4 Å². The van der Waals surface area contributed by atoms with E-state index in [1.54, 1.807) is 11.3 Å². The first-order chi connectivity index (χ1) is 7.50. The van der Waals surface area contributed by atoms with Crippen molar-refractivity contribution in [3.63, 3.8) is 0 Å². The van der Waals surface area contributed by atoms with Gasteiger partial charge in [0.1, 0.15) is 0 Å². The Morgan fingerprint density at radius 3 is 2.75 bits per heavy atom. The number of carbonyl (C=O) groups is 1. The van der Waals surface area contributed by atoms with Crippen molar-refractivity contribution >= 4 is 44.8 Å². The van der Waals surface area contributed by atoms with Gasteiger partial charge < -0.3 is 11.5 Å². The molecule has 0 aliphatic heterocycles. The smallest absolute Gasteiger partial charge is 0.217 e. The molecular formula is C10H14BrClN2OS. The van der Waals surface area contributed by atoms with Crippen molar-refractivity contribution in [1.82, 2.24) is 0 Å². The summed E-state index contributed by atoms with van der Waals surface area (Å²) in [6.45, 7) is 0. The minimum atomic E-state index is -0.254. The van der Waals surface area contributed by atoms with E-state index in [2.05, 4.69) is 15.9 Å². The summed E-state index contributed by atoms with van der Waals surface area (Å²) in [4.78, 5) is 11.6. The molecule has 16 heavy (non-hydrogen) atoms. The van der Waals surface area contributed by atoms with Gasteiger partial charge in [-0.3, -0.25) is 4.79 Å². The van der Waals surface area contributed by atoms with Crippen LogP contribution in [-0.4, -0.2) is 5.91 Å². The van der Waals surface area contributed by atoms with Gasteiger partial charge in [0.2, 0.25) is 5.91 Å². The quantitative estimate of drug-likeness (QED) is 0.789. The molecule has 90 valence electrons. The lowest BCUT2D eigenvalue weighted by atomic mass is 10.1. The zero-order chi connectivity index (χ0) is 12.1. The molecule has 0 saturated carbocycles. The lowest BCUT2D eigenvalue weighted by molar-refractivity contribution is -0.118. The van der Waals surface area contributed by atoms with Crippen LogP contribution >= 0.6 is 38.9 Å². The molecule has 1 atom stereocenters. The van der Waals surface area contributed by atoms with Crippen LogP contribution < -0.4 is 11.5 Å². The van der Waals surface area contributed by atoms with Gasteiger partial charge in [0.15, 0.2) is 0 Å². The molecule has 1 amide bonds. The highest BCUT2D eigenvalue weighted by Gasteiger charge is 2.11. The molecule has 0 spiro atoms. The van der Waals surface area contributed by atoms with Gasteiger partial charge in [0.25, 0.3) is 0 Å². The van der Waals surface area contributed by atoms with Crippen LogP contribution in [0, 0.1) is 0 Å². The maximum atomic E-state index is 10.5. The Morgan fingerprint density at radius 1 is 1.56 bits per heavy atom. The van der Waals surface area contributed by atoms with Crippen LogP contribution in [0.25, 0.3) is 0 Å². The number of nitrogens with two attached hydrogens (primary N) is 2. The Bertz CT molecular complexity index is 350. The van der Waals surface area contributed by atoms with E-state index in [0.717, 1.165) is 27.9 Å². The van der Waals surface area contributed by atoms with E-state index in [-0.39, 0.29) is 11.9 Å². The second-order valence-corrected chi connectivity index (χ2v) is 6.40. The van der Waals surface area contributed by atoms with Crippen LogP contribution in [0.3, 0.4) is 0 Å². The van der Waals surface area contributed by atoms with Crippen LogP contribution in [0.2, 0.25) is 5.02 Å². The molecule has 0 bridgehead atoms. The summed E-state index contributed by atoms with van der Waals surface area (Å²) in [5.74, 6) is -0.254. The first kappa shape index (κ1) is 14.0. The SMILES string of the molecule is NC(=O)CCCCC(N)c1cc(Cl)c(Br)s1. The molecule has 0 aliphatic carbocycles. The fourth-order valence-electron chi connectivity index (χ4n) is 1.35. The van der Waals surface area contributed by atoms with E-state index < -0.39 is 0 Å². The van der Waals surface area contributed by atoms with Crippen LogP contribution in [0.1, 0.15) is 36.6 Å². The summed E-state index contributed by atoms with van der Waals surface area (Å²) in [5, 5.41) is 0.701.